The SMILES string of the molecule is CC(c1ccccc1)C(S)C(=O)Nc1cccc(C(=O)OCc2ccc(CN)cc2)c1. The molecule has 31 heavy (non-hydrogen) atoms. The number of thiol groups is 1. The molecule has 0 spiro atoms. The Morgan fingerprint density at radius 2 is 1.65 bits per heavy atom. The number of hydrogen-bond acceptors (Lipinski definition) is 5. The maximum Gasteiger partial charge on any atom is 0.338 e. The molecule has 0 fully saturated rings. The summed E-state index contributed by atoms with van der Waals surface area (Å²) in [6.07, 6.45) is 0. The van der Waals surface area contributed by atoms with E-state index in [0.29, 0.717) is 17.8 Å². The molecular formula is C25H26N2O3S. The number of amides is 1. The van der Waals surface area contributed by atoms with E-state index >= 15 is 0 Å². The second kappa shape index (κ2) is 10.8. The fraction of sp³-hybridized carbons (Fsp3) is 0.200. The second-order valence-corrected chi connectivity index (χ2v) is 7.87. The van der Waals surface area contributed by atoms with Crippen LogP contribution in [-0.4, -0.2) is 17.1 Å². The van der Waals surface area contributed by atoms with E-state index in [9.17, 15) is 9.59 Å². The zero-order chi connectivity index (χ0) is 22.2. The summed E-state index contributed by atoms with van der Waals surface area (Å²) in [6.45, 7) is 2.59. The van der Waals surface area contributed by atoms with Crippen LogP contribution in [-0.2, 0) is 22.7 Å². The van der Waals surface area contributed by atoms with E-state index in [-0.39, 0.29) is 18.4 Å². The molecule has 0 aliphatic heterocycles. The highest BCUT2D eigenvalue weighted by Crippen LogP contribution is 2.24. The van der Waals surface area contributed by atoms with Gasteiger partial charge in [0.25, 0.3) is 0 Å². The maximum absolute atomic E-state index is 12.7. The summed E-state index contributed by atoms with van der Waals surface area (Å²) < 4.78 is 5.39. The van der Waals surface area contributed by atoms with Crippen LogP contribution in [0.1, 0.15) is 39.9 Å². The average molecular weight is 435 g/mol. The topological polar surface area (TPSA) is 81.4 Å². The summed E-state index contributed by atoms with van der Waals surface area (Å²) in [4.78, 5) is 25.1. The Morgan fingerprint density at radius 3 is 2.32 bits per heavy atom. The molecule has 0 saturated heterocycles. The Labute approximate surface area is 188 Å². The van der Waals surface area contributed by atoms with Crippen molar-refractivity contribution in [3.8, 4) is 0 Å². The molecule has 0 aliphatic carbocycles. The molecule has 0 saturated carbocycles. The maximum atomic E-state index is 12.7. The van der Waals surface area contributed by atoms with Gasteiger partial charge in [-0.05, 0) is 34.9 Å². The predicted octanol–water partition coefficient (Wildman–Crippen LogP) is 4.54. The van der Waals surface area contributed by atoms with Crippen LogP contribution < -0.4 is 11.1 Å². The molecule has 3 rings (SSSR count). The van der Waals surface area contributed by atoms with Crippen molar-refractivity contribution in [1.82, 2.24) is 0 Å². The summed E-state index contributed by atoms with van der Waals surface area (Å²) in [5.41, 5.74) is 9.41. The van der Waals surface area contributed by atoms with Crippen molar-refractivity contribution in [3.63, 3.8) is 0 Å². The van der Waals surface area contributed by atoms with Crippen molar-refractivity contribution in [3.05, 3.63) is 101 Å². The van der Waals surface area contributed by atoms with Gasteiger partial charge < -0.3 is 15.8 Å². The highest BCUT2D eigenvalue weighted by molar-refractivity contribution is 7.81. The molecule has 160 valence electrons. The lowest BCUT2D eigenvalue weighted by Gasteiger charge is -2.19. The molecule has 0 aliphatic rings. The normalized spacial score (nSPS) is 12.6. The van der Waals surface area contributed by atoms with Crippen LogP contribution in [0.2, 0.25) is 0 Å². The Balaban J connectivity index is 1.59. The van der Waals surface area contributed by atoms with Crippen LogP contribution in [0, 0.1) is 0 Å². The van der Waals surface area contributed by atoms with E-state index in [2.05, 4.69) is 17.9 Å². The second-order valence-electron chi connectivity index (χ2n) is 7.31. The van der Waals surface area contributed by atoms with Crippen molar-refractivity contribution in [1.29, 1.82) is 0 Å². The first-order valence-electron chi connectivity index (χ1n) is 10.1. The van der Waals surface area contributed by atoms with Gasteiger partial charge in [-0.25, -0.2) is 4.79 Å². The van der Waals surface area contributed by atoms with Crippen molar-refractivity contribution in [2.45, 2.75) is 31.2 Å². The van der Waals surface area contributed by atoms with Crippen LogP contribution in [0.25, 0.3) is 0 Å². The van der Waals surface area contributed by atoms with Crippen molar-refractivity contribution < 1.29 is 14.3 Å². The summed E-state index contributed by atoms with van der Waals surface area (Å²) in [5, 5.41) is 2.31. The third-order valence-electron chi connectivity index (χ3n) is 5.06. The van der Waals surface area contributed by atoms with Crippen LogP contribution in [0.5, 0.6) is 0 Å². The number of anilines is 1. The van der Waals surface area contributed by atoms with E-state index in [1.54, 1.807) is 24.3 Å². The van der Waals surface area contributed by atoms with E-state index < -0.39 is 11.2 Å². The molecule has 0 bridgehead atoms. The monoisotopic (exact) mass is 434 g/mol. The van der Waals surface area contributed by atoms with Gasteiger partial charge >= 0.3 is 5.97 Å². The summed E-state index contributed by atoms with van der Waals surface area (Å²) in [6, 6.07) is 24.0. The molecule has 0 heterocycles. The molecule has 3 aromatic carbocycles. The molecular weight excluding hydrogens is 408 g/mol. The number of esters is 1. The smallest absolute Gasteiger partial charge is 0.338 e. The summed E-state index contributed by atoms with van der Waals surface area (Å²) >= 11 is 4.50. The minimum absolute atomic E-state index is 0.0664. The fourth-order valence-corrected chi connectivity index (χ4v) is 3.35. The highest BCUT2D eigenvalue weighted by Gasteiger charge is 2.23. The minimum Gasteiger partial charge on any atom is -0.457 e. The van der Waals surface area contributed by atoms with Gasteiger partial charge in [-0.2, -0.15) is 12.6 Å². The molecule has 6 heteroatoms. The van der Waals surface area contributed by atoms with Crippen molar-refractivity contribution in [2.75, 3.05) is 5.32 Å². The van der Waals surface area contributed by atoms with Gasteiger partial charge in [0.2, 0.25) is 5.91 Å². The van der Waals surface area contributed by atoms with Crippen molar-refractivity contribution >= 4 is 30.2 Å². The van der Waals surface area contributed by atoms with E-state index in [1.807, 2.05) is 61.5 Å². The Hall–Kier alpha value is -3.09. The largest absolute Gasteiger partial charge is 0.457 e. The molecule has 3 N–H and O–H groups in total. The number of carbonyl (C=O) groups excluding carboxylic acids is 2. The Kier molecular flexibility index (Phi) is 7.87. The number of benzene rings is 3. The van der Waals surface area contributed by atoms with Gasteiger partial charge in [-0.15, -0.1) is 0 Å². The summed E-state index contributed by atoms with van der Waals surface area (Å²) in [5.74, 6) is -0.757. The number of nitrogens with one attached hydrogen (secondary N) is 1. The molecule has 2 unspecified atom stereocenters. The number of nitrogens with two attached hydrogens (primary N) is 1. The zero-order valence-corrected chi connectivity index (χ0v) is 18.2. The van der Waals surface area contributed by atoms with Gasteiger partial charge in [-0.1, -0.05) is 67.6 Å². The first kappa shape index (κ1) is 22.6. The lowest BCUT2D eigenvalue weighted by Crippen LogP contribution is -2.28. The number of ether oxygens (including phenoxy) is 1. The Bertz CT molecular complexity index is 1020. The van der Waals surface area contributed by atoms with Gasteiger partial charge in [0, 0.05) is 18.2 Å². The van der Waals surface area contributed by atoms with Gasteiger partial charge in [0.05, 0.1) is 10.8 Å². The van der Waals surface area contributed by atoms with Crippen molar-refractivity contribution in [2.24, 2.45) is 5.73 Å². The highest BCUT2D eigenvalue weighted by atomic mass is 32.1. The van der Waals surface area contributed by atoms with Gasteiger partial charge in [0.15, 0.2) is 0 Å². The van der Waals surface area contributed by atoms with Gasteiger partial charge in [0.1, 0.15) is 6.61 Å². The van der Waals surface area contributed by atoms with Gasteiger partial charge in [-0.3, -0.25) is 4.79 Å². The third-order valence-corrected chi connectivity index (χ3v) is 5.74. The fourth-order valence-electron chi connectivity index (χ4n) is 3.11. The molecule has 1 amide bonds. The van der Waals surface area contributed by atoms with Crippen LogP contribution in [0.3, 0.4) is 0 Å². The molecule has 5 nitrogen and oxygen atoms in total. The van der Waals surface area contributed by atoms with Crippen LogP contribution in [0.15, 0.2) is 78.9 Å². The molecule has 3 aromatic rings. The Morgan fingerprint density at radius 1 is 0.968 bits per heavy atom. The minimum atomic E-state index is -0.533. The lowest BCUT2D eigenvalue weighted by molar-refractivity contribution is -0.116. The van der Waals surface area contributed by atoms with E-state index in [0.717, 1.165) is 16.7 Å². The number of carbonyl (C=O) groups is 2. The number of rotatable bonds is 8. The van der Waals surface area contributed by atoms with Crippen LogP contribution >= 0.6 is 12.6 Å². The molecule has 2 atom stereocenters. The van der Waals surface area contributed by atoms with E-state index in [4.69, 9.17) is 10.5 Å². The predicted molar refractivity (Wildman–Crippen MR) is 126 cm³/mol. The standard InChI is InChI=1S/C25H26N2O3S/c1-17(20-6-3-2-4-7-20)23(31)24(28)27-22-9-5-8-21(14-22)25(29)30-16-19-12-10-18(15-26)11-13-19/h2-14,17,23,31H,15-16,26H2,1H3,(H,27,28). The lowest BCUT2D eigenvalue weighted by atomic mass is 9.97. The summed E-state index contributed by atoms with van der Waals surface area (Å²) in [7, 11) is 0. The first-order valence-corrected chi connectivity index (χ1v) is 10.6. The third kappa shape index (κ3) is 6.20. The van der Waals surface area contributed by atoms with Crippen LogP contribution in [0.4, 0.5) is 5.69 Å². The molecule has 0 aromatic heterocycles. The average Bonchev–Trinajstić information content (AvgIpc) is 2.82. The number of hydrogen-bond donors (Lipinski definition) is 3. The molecule has 0 radical (unpaired) electrons. The zero-order valence-electron chi connectivity index (χ0n) is 17.3. The quantitative estimate of drug-likeness (QED) is 0.359. The van der Waals surface area contributed by atoms with E-state index in [1.165, 1.54) is 0 Å². The first-order chi connectivity index (χ1) is 15.0.